The highest BCUT2D eigenvalue weighted by Crippen LogP contribution is 2.23. The molecule has 1 aromatic rings. The molecule has 1 aromatic carbocycles. The summed E-state index contributed by atoms with van der Waals surface area (Å²) in [5, 5.41) is 9.14. The van der Waals surface area contributed by atoms with Crippen molar-refractivity contribution >= 4 is 0 Å². The molecule has 0 saturated heterocycles. The zero-order valence-corrected chi connectivity index (χ0v) is 7.08. The maximum absolute atomic E-state index is 9.14. The van der Waals surface area contributed by atoms with E-state index in [1.54, 1.807) is 18.2 Å². The fourth-order valence-corrected chi connectivity index (χ4v) is 1.00. The first-order chi connectivity index (χ1) is 5.77. The predicted octanol–water partition coefficient (Wildman–Crippen LogP) is 1.25. The molecule has 0 aliphatic rings. The van der Waals surface area contributed by atoms with Crippen LogP contribution in [0.15, 0.2) is 18.2 Å². The van der Waals surface area contributed by atoms with Crippen molar-refractivity contribution in [2.24, 2.45) is 5.73 Å². The molecule has 0 unspecified atom stereocenters. The third-order valence-electron chi connectivity index (χ3n) is 1.57. The molecule has 0 aliphatic carbocycles. The van der Waals surface area contributed by atoms with Gasteiger partial charge in [-0.05, 0) is 13.0 Å². The minimum atomic E-state index is 0.204. The molecule has 0 heterocycles. The first-order valence-corrected chi connectivity index (χ1v) is 3.92. The molecule has 12 heavy (non-hydrogen) atoms. The van der Waals surface area contributed by atoms with Gasteiger partial charge >= 0.3 is 0 Å². The molecule has 0 fully saturated rings. The number of ether oxygens (including phenoxy) is 1. The summed E-state index contributed by atoms with van der Waals surface area (Å²) in [6.07, 6.45) is 0. The molecular formula is C9H13NO2. The second kappa shape index (κ2) is 3.97. The summed E-state index contributed by atoms with van der Waals surface area (Å²) >= 11 is 0. The minimum Gasteiger partial charge on any atom is -0.508 e. The Morgan fingerprint density at radius 3 is 2.83 bits per heavy atom. The molecule has 1 rings (SSSR count). The number of benzene rings is 1. The van der Waals surface area contributed by atoms with Crippen LogP contribution < -0.4 is 10.5 Å². The smallest absolute Gasteiger partial charge is 0.127 e. The molecule has 0 aliphatic heterocycles. The third-order valence-corrected chi connectivity index (χ3v) is 1.57. The Bertz CT molecular complexity index is 261. The molecule has 0 bridgehead atoms. The molecular weight excluding hydrogens is 154 g/mol. The van der Waals surface area contributed by atoms with Gasteiger partial charge in [-0.2, -0.15) is 0 Å². The van der Waals surface area contributed by atoms with E-state index in [-0.39, 0.29) is 5.75 Å². The van der Waals surface area contributed by atoms with E-state index in [0.717, 1.165) is 5.56 Å². The van der Waals surface area contributed by atoms with Gasteiger partial charge in [-0.25, -0.2) is 0 Å². The number of hydrogen-bond donors (Lipinski definition) is 2. The van der Waals surface area contributed by atoms with Gasteiger partial charge in [-0.15, -0.1) is 0 Å². The van der Waals surface area contributed by atoms with Crippen LogP contribution in [0.5, 0.6) is 11.5 Å². The first kappa shape index (κ1) is 8.87. The van der Waals surface area contributed by atoms with Crippen LogP contribution in [-0.2, 0) is 6.54 Å². The SMILES string of the molecule is CCOc1cc(O)ccc1CN. The molecule has 0 amide bonds. The van der Waals surface area contributed by atoms with E-state index in [9.17, 15) is 0 Å². The zero-order valence-electron chi connectivity index (χ0n) is 7.08. The van der Waals surface area contributed by atoms with Gasteiger partial charge in [0.25, 0.3) is 0 Å². The third kappa shape index (κ3) is 1.89. The van der Waals surface area contributed by atoms with Crippen molar-refractivity contribution < 1.29 is 9.84 Å². The maximum Gasteiger partial charge on any atom is 0.127 e. The van der Waals surface area contributed by atoms with E-state index in [1.807, 2.05) is 6.92 Å². The van der Waals surface area contributed by atoms with Gasteiger partial charge in [-0.3, -0.25) is 0 Å². The molecule has 0 saturated carbocycles. The average Bonchev–Trinajstić information content (AvgIpc) is 2.05. The molecule has 0 radical (unpaired) electrons. The lowest BCUT2D eigenvalue weighted by molar-refractivity contribution is 0.334. The molecule has 0 aromatic heterocycles. The van der Waals surface area contributed by atoms with E-state index < -0.39 is 0 Å². The summed E-state index contributed by atoms with van der Waals surface area (Å²) in [5.74, 6) is 0.871. The standard InChI is InChI=1S/C9H13NO2/c1-2-12-9-5-8(11)4-3-7(9)6-10/h3-5,11H,2,6,10H2,1H3. The van der Waals surface area contributed by atoms with Crippen LogP contribution in [-0.4, -0.2) is 11.7 Å². The van der Waals surface area contributed by atoms with Crippen molar-refractivity contribution in [2.45, 2.75) is 13.5 Å². The Balaban J connectivity index is 2.95. The van der Waals surface area contributed by atoms with Crippen LogP contribution in [0.25, 0.3) is 0 Å². The van der Waals surface area contributed by atoms with E-state index >= 15 is 0 Å². The van der Waals surface area contributed by atoms with Crippen molar-refractivity contribution in [1.29, 1.82) is 0 Å². The number of phenols is 1. The van der Waals surface area contributed by atoms with Gasteiger partial charge in [0.05, 0.1) is 6.61 Å². The zero-order chi connectivity index (χ0) is 8.97. The van der Waals surface area contributed by atoms with Crippen molar-refractivity contribution in [1.82, 2.24) is 0 Å². The highest BCUT2D eigenvalue weighted by molar-refractivity contribution is 5.39. The quantitative estimate of drug-likeness (QED) is 0.712. The van der Waals surface area contributed by atoms with E-state index in [2.05, 4.69) is 0 Å². The van der Waals surface area contributed by atoms with Gasteiger partial charge in [0.15, 0.2) is 0 Å². The fraction of sp³-hybridized carbons (Fsp3) is 0.333. The topological polar surface area (TPSA) is 55.5 Å². The second-order valence-corrected chi connectivity index (χ2v) is 2.43. The van der Waals surface area contributed by atoms with Crippen molar-refractivity contribution in [2.75, 3.05) is 6.61 Å². The number of nitrogens with two attached hydrogens (primary N) is 1. The lowest BCUT2D eigenvalue weighted by atomic mass is 10.2. The van der Waals surface area contributed by atoms with Crippen LogP contribution in [0, 0.1) is 0 Å². The van der Waals surface area contributed by atoms with Gasteiger partial charge in [0.2, 0.25) is 0 Å². The maximum atomic E-state index is 9.14. The van der Waals surface area contributed by atoms with Crippen LogP contribution in [0.2, 0.25) is 0 Å². The van der Waals surface area contributed by atoms with Crippen LogP contribution in [0.3, 0.4) is 0 Å². The molecule has 0 spiro atoms. The summed E-state index contributed by atoms with van der Waals surface area (Å²) in [4.78, 5) is 0. The monoisotopic (exact) mass is 167 g/mol. The highest BCUT2D eigenvalue weighted by atomic mass is 16.5. The van der Waals surface area contributed by atoms with Gasteiger partial charge in [0.1, 0.15) is 11.5 Å². The summed E-state index contributed by atoms with van der Waals surface area (Å²) in [6.45, 7) is 2.90. The highest BCUT2D eigenvalue weighted by Gasteiger charge is 2.01. The Kier molecular flexibility index (Phi) is 2.94. The second-order valence-electron chi connectivity index (χ2n) is 2.43. The van der Waals surface area contributed by atoms with Crippen LogP contribution in [0.1, 0.15) is 12.5 Å². The fourth-order valence-electron chi connectivity index (χ4n) is 1.00. The number of aromatic hydroxyl groups is 1. The summed E-state index contributed by atoms with van der Waals surface area (Å²) in [7, 11) is 0. The van der Waals surface area contributed by atoms with Crippen LogP contribution >= 0.6 is 0 Å². The Morgan fingerprint density at radius 1 is 1.50 bits per heavy atom. The number of rotatable bonds is 3. The Morgan fingerprint density at radius 2 is 2.25 bits per heavy atom. The van der Waals surface area contributed by atoms with Crippen molar-refractivity contribution in [3.8, 4) is 11.5 Å². The number of phenolic OH excluding ortho intramolecular Hbond substituents is 1. The van der Waals surface area contributed by atoms with Gasteiger partial charge in [0, 0.05) is 18.2 Å². The Labute approximate surface area is 71.8 Å². The van der Waals surface area contributed by atoms with E-state index in [1.165, 1.54) is 0 Å². The number of hydrogen-bond acceptors (Lipinski definition) is 3. The van der Waals surface area contributed by atoms with Gasteiger partial charge in [-0.1, -0.05) is 6.07 Å². The largest absolute Gasteiger partial charge is 0.508 e. The molecule has 3 heteroatoms. The normalized spacial score (nSPS) is 9.83. The van der Waals surface area contributed by atoms with Crippen molar-refractivity contribution in [3.63, 3.8) is 0 Å². The minimum absolute atomic E-state index is 0.204. The predicted molar refractivity (Wildman–Crippen MR) is 47.2 cm³/mol. The lowest BCUT2D eigenvalue weighted by Crippen LogP contribution is -2.01. The van der Waals surface area contributed by atoms with Gasteiger partial charge < -0.3 is 15.6 Å². The lowest BCUT2D eigenvalue weighted by Gasteiger charge is -2.08. The van der Waals surface area contributed by atoms with Crippen LogP contribution in [0.4, 0.5) is 0 Å². The van der Waals surface area contributed by atoms with E-state index in [0.29, 0.717) is 18.9 Å². The molecule has 3 nitrogen and oxygen atoms in total. The molecule has 0 atom stereocenters. The molecule has 66 valence electrons. The summed E-state index contributed by atoms with van der Waals surface area (Å²) < 4.78 is 5.27. The average molecular weight is 167 g/mol. The first-order valence-electron chi connectivity index (χ1n) is 3.92. The molecule has 3 N–H and O–H groups in total. The summed E-state index contributed by atoms with van der Waals surface area (Å²) in [5.41, 5.74) is 6.38. The summed E-state index contributed by atoms with van der Waals surface area (Å²) in [6, 6.07) is 4.94. The van der Waals surface area contributed by atoms with E-state index in [4.69, 9.17) is 15.6 Å². The Hall–Kier alpha value is -1.22. The van der Waals surface area contributed by atoms with Crippen molar-refractivity contribution in [3.05, 3.63) is 23.8 Å².